The Morgan fingerprint density at radius 3 is 2.47 bits per heavy atom. The number of carbonyl (C=O) groups excluding carboxylic acids is 2. The number of piperidine rings is 1. The monoisotopic (exact) mass is 433 g/mol. The van der Waals surface area contributed by atoms with Gasteiger partial charge >= 0.3 is 0 Å². The van der Waals surface area contributed by atoms with Crippen molar-refractivity contribution >= 4 is 27.5 Å². The van der Waals surface area contributed by atoms with Gasteiger partial charge in [0, 0.05) is 31.7 Å². The van der Waals surface area contributed by atoms with Crippen LogP contribution in [0.2, 0.25) is 0 Å². The lowest BCUT2D eigenvalue weighted by molar-refractivity contribution is -0.126. The van der Waals surface area contributed by atoms with Crippen LogP contribution in [0.25, 0.3) is 0 Å². The highest BCUT2D eigenvalue weighted by molar-refractivity contribution is 7.89. The predicted molar refractivity (Wildman–Crippen MR) is 111 cm³/mol. The third-order valence-electron chi connectivity index (χ3n) is 4.92. The third kappa shape index (κ3) is 5.64. The summed E-state index contributed by atoms with van der Waals surface area (Å²) in [7, 11) is -3.79. The minimum absolute atomic E-state index is 0.00235. The second kappa shape index (κ2) is 9.82. The van der Waals surface area contributed by atoms with E-state index in [0.29, 0.717) is 25.1 Å². The Bertz CT molecular complexity index is 981. The fraction of sp³-hybridized carbons (Fsp3) is 0.333. The topological polar surface area (TPSA) is 95.6 Å². The maximum absolute atomic E-state index is 13.1. The van der Waals surface area contributed by atoms with Crippen molar-refractivity contribution in [3.63, 3.8) is 0 Å². The zero-order valence-electron chi connectivity index (χ0n) is 16.4. The fourth-order valence-electron chi connectivity index (χ4n) is 3.32. The number of nitrogens with one attached hydrogen (secondary N) is 2. The van der Waals surface area contributed by atoms with Crippen LogP contribution >= 0.6 is 0 Å². The molecule has 1 saturated heterocycles. The molecule has 2 amide bonds. The molecule has 0 unspecified atom stereocenters. The van der Waals surface area contributed by atoms with Crippen LogP contribution < -0.4 is 10.6 Å². The molecule has 1 aliphatic heterocycles. The van der Waals surface area contributed by atoms with Crippen molar-refractivity contribution in [2.75, 3.05) is 25.0 Å². The molecule has 9 heteroatoms. The van der Waals surface area contributed by atoms with E-state index in [1.807, 2.05) is 18.2 Å². The Morgan fingerprint density at radius 1 is 1.07 bits per heavy atom. The molecule has 160 valence electrons. The standard InChI is InChI=1S/C21H24FN3O4S/c22-17-8-10-19(11-9-17)30(28,29)25-14-4-5-16(15-25)21(27)23-13-12-20(26)24-18-6-2-1-3-7-18/h1-3,6-11,16H,4-5,12-15H2,(H,23,27)(H,24,26)/t16-/m1/s1. The van der Waals surface area contributed by atoms with E-state index in [0.717, 1.165) is 12.1 Å². The quantitative estimate of drug-likeness (QED) is 0.701. The number of amides is 2. The molecule has 0 spiro atoms. The lowest BCUT2D eigenvalue weighted by Crippen LogP contribution is -2.45. The average molecular weight is 434 g/mol. The van der Waals surface area contributed by atoms with Gasteiger partial charge in [-0.05, 0) is 49.2 Å². The highest BCUT2D eigenvalue weighted by Gasteiger charge is 2.33. The molecule has 0 aromatic heterocycles. The van der Waals surface area contributed by atoms with Gasteiger partial charge in [-0.1, -0.05) is 18.2 Å². The average Bonchev–Trinajstić information content (AvgIpc) is 2.75. The molecule has 0 bridgehead atoms. The van der Waals surface area contributed by atoms with E-state index in [1.54, 1.807) is 12.1 Å². The zero-order valence-corrected chi connectivity index (χ0v) is 17.2. The minimum atomic E-state index is -3.79. The normalized spacial score (nSPS) is 17.3. The van der Waals surface area contributed by atoms with E-state index in [-0.39, 0.29) is 36.2 Å². The maximum atomic E-state index is 13.1. The van der Waals surface area contributed by atoms with Crippen molar-refractivity contribution in [1.82, 2.24) is 9.62 Å². The number of anilines is 1. The van der Waals surface area contributed by atoms with E-state index in [9.17, 15) is 22.4 Å². The first-order valence-corrected chi connectivity index (χ1v) is 11.2. The smallest absolute Gasteiger partial charge is 0.243 e. The predicted octanol–water partition coefficient (Wildman–Crippen LogP) is 2.37. The molecule has 3 rings (SSSR count). The Hall–Kier alpha value is -2.78. The van der Waals surface area contributed by atoms with Gasteiger partial charge in [0.2, 0.25) is 21.8 Å². The third-order valence-corrected chi connectivity index (χ3v) is 6.79. The van der Waals surface area contributed by atoms with Gasteiger partial charge in [0.15, 0.2) is 0 Å². The highest BCUT2D eigenvalue weighted by atomic mass is 32.2. The first-order chi connectivity index (χ1) is 14.4. The summed E-state index contributed by atoms with van der Waals surface area (Å²) >= 11 is 0. The minimum Gasteiger partial charge on any atom is -0.355 e. The van der Waals surface area contributed by atoms with Gasteiger partial charge in [-0.3, -0.25) is 9.59 Å². The highest BCUT2D eigenvalue weighted by Crippen LogP contribution is 2.24. The molecule has 0 radical (unpaired) electrons. The zero-order chi connectivity index (χ0) is 21.6. The van der Waals surface area contributed by atoms with Crippen LogP contribution in [0, 0.1) is 11.7 Å². The second-order valence-corrected chi connectivity index (χ2v) is 9.05. The number of halogens is 1. The van der Waals surface area contributed by atoms with Crippen LogP contribution in [0.15, 0.2) is 59.5 Å². The first-order valence-electron chi connectivity index (χ1n) is 9.74. The molecule has 0 saturated carbocycles. The van der Waals surface area contributed by atoms with E-state index < -0.39 is 21.8 Å². The number of hydrogen-bond donors (Lipinski definition) is 2. The van der Waals surface area contributed by atoms with E-state index in [4.69, 9.17) is 0 Å². The molecular weight excluding hydrogens is 409 g/mol. The van der Waals surface area contributed by atoms with Gasteiger partial charge in [0.05, 0.1) is 10.8 Å². The van der Waals surface area contributed by atoms with Crippen molar-refractivity contribution < 1.29 is 22.4 Å². The van der Waals surface area contributed by atoms with Gasteiger partial charge in [-0.25, -0.2) is 12.8 Å². The van der Waals surface area contributed by atoms with E-state index in [1.165, 1.54) is 16.4 Å². The van der Waals surface area contributed by atoms with Crippen LogP contribution in [-0.4, -0.2) is 44.2 Å². The van der Waals surface area contributed by atoms with Gasteiger partial charge in [-0.15, -0.1) is 0 Å². The fourth-order valence-corrected chi connectivity index (χ4v) is 4.84. The summed E-state index contributed by atoms with van der Waals surface area (Å²) in [6.07, 6.45) is 1.23. The maximum Gasteiger partial charge on any atom is 0.243 e. The summed E-state index contributed by atoms with van der Waals surface area (Å²) in [5, 5.41) is 5.46. The molecule has 1 fully saturated rings. The Balaban J connectivity index is 1.50. The summed E-state index contributed by atoms with van der Waals surface area (Å²) in [6, 6.07) is 13.7. The number of rotatable bonds is 7. The molecule has 1 atom stereocenters. The van der Waals surface area contributed by atoms with Crippen molar-refractivity contribution in [1.29, 1.82) is 0 Å². The molecule has 1 heterocycles. The molecule has 1 aliphatic rings. The second-order valence-electron chi connectivity index (χ2n) is 7.11. The Labute approximate surface area is 175 Å². The number of benzene rings is 2. The summed E-state index contributed by atoms with van der Waals surface area (Å²) in [4.78, 5) is 24.4. The molecule has 2 N–H and O–H groups in total. The molecule has 0 aliphatic carbocycles. The number of hydrogen-bond acceptors (Lipinski definition) is 4. The number of para-hydroxylation sites is 1. The summed E-state index contributed by atoms with van der Waals surface area (Å²) in [5.74, 6) is -1.50. The van der Waals surface area contributed by atoms with Crippen LogP contribution in [0.5, 0.6) is 0 Å². The molecule has 30 heavy (non-hydrogen) atoms. The molecule has 7 nitrogen and oxygen atoms in total. The van der Waals surface area contributed by atoms with Gasteiger partial charge < -0.3 is 10.6 Å². The van der Waals surface area contributed by atoms with Gasteiger partial charge in [0.1, 0.15) is 5.82 Å². The summed E-state index contributed by atoms with van der Waals surface area (Å²) < 4.78 is 39.9. The number of carbonyl (C=O) groups is 2. The van der Waals surface area contributed by atoms with Gasteiger partial charge in [0.25, 0.3) is 0 Å². The van der Waals surface area contributed by atoms with Crippen molar-refractivity contribution in [3.05, 3.63) is 60.4 Å². The molecule has 2 aromatic carbocycles. The van der Waals surface area contributed by atoms with Crippen molar-refractivity contribution in [2.24, 2.45) is 5.92 Å². The molecular formula is C21H24FN3O4S. The van der Waals surface area contributed by atoms with Crippen molar-refractivity contribution in [3.8, 4) is 0 Å². The van der Waals surface area contributed by atoms with Crippen LogP contribution in [0.4, 0.5) is 10.1 Å². The summed E-state index contributed by atoms with van der Waals surface area (Å²) in [5.41, 5.74) is 0.683. The van der Waals surface area contributed by atoms with E-state index in [2.05, 4.69) is 10.6 Å². The Morgan fingerprint density at radius 2 is 1.77 bits per heavy atom. The van der Waals surface area contributed by atoms with Crippen molar-refractivity contribution in [2.45, 2.75) is 24.2 Å². The van der Waals surface area contributed by atoms with Crippen LogP contribution in [0.3, 0.4) is 0 Å². The molecule has 2 aromatic rings. The Kier molecular flexibility index (Phi) is 7.17. The first kappa shape index (κ1) is 21.9. The van der Waals surface area contributed by atoms with Crippen LogP contribution in [-0.2, 0) is 19.6 Å². The number of nitrogens with zero attached hydrogens (tertiary/aromatic N) is 1. The van der Waals surface area contributed by atoms with Crippen LogP contribution in [0.1, 0.15) is 19.3 Å². The SMILES string of the molecule is O=C(CCNC(=O)[C@@H]1CCCN(S(=O)(=O)c2ccc(F)cc2)C1)Nc1ccccc1. The van der Waals surface area contributed by atoms with Gasteiger partial charge in [-0.2, -0.15) is 4.31 Å². The summed E-state index contributed by atoms with van der Waals surface area (Å²) in [6.45, 7) is 0.531. The largest absolute Gasteiger partial charge is 0.355 e. The van der Waals surface area contributed by atoms with E-state index >= 15 is 0 Å². The lowest BCUT2D eigenvalue weighted by atomic mass is 9.99. The number of sulfonamides is 1. The lowest BCUT2D eigenvalue weighted by Gasteiger charge is -2.31.